The minimum absolute atomic E-state index is 0.0126. The van der Waals surface area contributed by atoms with E-state index in [0.717, 1.165) is 18.5 Å². The number of halogens is 1. The lowest BCUT2D eigenvalue weighted by atomic mass is 10.0. The number of hydrogen-bond donors (Lipinski definition) is 2. The Morgan fingerprint density at radius 1 is 1.44 bits per heavy atom. The van der Waals surface area contributed by atoms with Crippen LogP contribution in [0.25, 0.3) is 0 Å². The minimum atomic E-state index is -1.10. The predicted molar refractivity (Wildman–Crippen MR) is 66.2 cm³/mol. The zero-order chi connectivity index (χ0) is 12.8. The third-order valence-electron chi connectivity index (χ3n) is 4.18. The number of anilines is 1. The highest BCUT2D eigenvalue weighted by Gasteiger charge is 2.53. The molecule has 2 aliphatic carbocycles. The van der Waals surface area contributed by atoms with Gasteiger partial charge in [0.1, 0.15) is 5.82 Å². The zero-order valence-electron chi connectivity index (χ0n) is 10.1. The standard InChI is InChI=1S/C14H16FNO2/c15-11-7-9(13(17)18)1-4-12(11)16-8-14(5-6-14)10-2-3-10/h1,4,7,10,16H,2-3,5-6,8H2,(H,17,18). The molecule has 4 heteroatoms. The summed E-state index contributed by atoms with van der Waals surface area (Å²) in [7, 11) is 0. The number of rotatable bonds is 5. The van der Waals surface area contributed by atoms with Crippen molar-refractivity contribution in [3.05, 3.63) is 29.6 Å². The van der Waals surface area contributed by atoms with Gasteiger partial charge in [-0.2, -0.15) is 0 Å². The van der Waals surface area contributed by atoms with E-state index in [1.54, 1.807) is 0 Å². The molecule has 2 fully saturated rings. The topological polar surface area (TPSA) is 49.3 Å². The van der Waals surface area contributed by atoms with Crippen molar-refractivity contribution >= 4 is 11.7 Å². The summed E-state index contributed by atoms with van der Waals surface area (Å²) in [6.07, 6.45) is 5.09. The van der Waals surface area contributed by atoms with Crippen LogP contribution in [0.4, 0.5) is 10.1 Å². The third-order valence-corrected chi connectivity index (χ3v) is 4.18. The quantitative estimate of drug-likeness (QED) is 0.842. The Morgan fingerprint density at radius 3 is 2.67 bits per heavy atom. The highest BCUT2D eigenvalue weighted by Crippen LogP contribution is 2.61. The molecule has 0 atom stereocenters. The number of carboxylic acid groups (broad SMARTS) is 1. The smallest absolute Gasteiger partial charge is 0.335 e. The third kappa shape index (κ3) is 2.07. The molecule has 96 valence electrons. The molecule has 1 aromatic carbocycles. The fourth-order valence-electron chi connectivity index (χ4n) is 2.65. The first-order valence-corrected chi connectivity index (χ1v) is 6.37. The second-order valence-electron chi connectivity index (χ2n) is 5.49. The molecule has 18 heavy (non-hydrogen) atoms. The molecule has 0 amide bonds. The maximum Gasteiger partial charge on any atom is 0.335 e. The van der Waals surface area contributed by atoms with Gasteiger partial charge < -0.3 is 10.4 Å². The Balaban J connectivity index is 1.67. The van der Waals surface area contributed by atoms with Crippen molar-refractivity contribution in [2.24, 2.45) is 11.3 Å². The van der Waals surface area contributed by atoms with Gasteiger partial charge in [-0.1, -0.05) is 0 Å². The molecule has 0 bridgehead atoms. The monoisotopic (exact) mass is 249 g/mol. The molecule has 0 heterocycles. The van der Waals surface area contributed by atoms with Crippen LogP contribution >= 0.6 is 0 Å². The Bertz CT molecular complexity index is 493. The molecule has 0 saturated heterocycles. The van der Waals surface area contributed by atoms with E-state index in [1.807, 2.05) is 0 Å². The molecule has 0 aliphatic heterocycles. The summed E-state index contributed by atoms with van der Waals surface area (Å²) in [4.78, 5) is 10.7. The number of aromatic carboxylic acids is 1. The van der Waals surface area contributed by atoms with Crippen molar-refractivity contribution in [1.29, 1.82) is 0 Å². The molecule has 2 N–H and O–H groups in total. The summed E-state index contributed by atoms with van der Waals surface area (Å²) in [5.74, 6) is -0.759. The summed E-state index contributed by atoms with van der Waals surface area (Å²) >= 11 is 0. The maximum atomic E-state index is 13.7. The van der Waals surface area contributed by atoms with E-state index in [0.29, 0.717) is 11.1 Å². The van der Waals surface area contributed by atoms with Crippen LogP contribution in [0.1, 0.15) is 36.0 Å². The van der Waals surface area contributed by atoms with Gasteiger partial charge in [0.25, 0.3) is 0 Å². The second kappa shape index (κ2) is 3.97. The Morgan fingerprint density at radius 2 is 2.17 bits per heavy atom. The van der Waals surface area contributed by atoms with Gasteiger partial charge >= 0.3 is 5.97 Å². The summed E-state index contributed by atoms with van der Waals surface area (Å²) in [5.41, 5.74) is 0.797. The van der Waals surface area contributed by atoms with Crippen LogP contribution in [0.15, 0.2) is 18.2 Å². The van der Waals surface area contributed by atoms with Gasteiger partial charge in [-0.15, -0.1) is 0 Å². The minimum Gasteiger partial charge on any atom is -0.478 e. The van der Waals surface area contributed by atoms with Gasteiger partial charge in [-0.3, -0.25) is 0 Å². The van der Waals surface area contributed by atoms with Gasteiger partial charge in [0.05, 0.1) is 11.3 Å². The van der Waals surface area contributed by atoms with Crippen molar-refractivity contribution in [2.75, 3.05) is 11.9 Å². The summed E-state index contributed by atoms with van der Waals surface area (Å²) in [5, 5.41) is 11.9. The molecule has 0 unspecified atom stereocenters. The molecular weight excluding hydrogens is 233 g/mol. The first-order valence-electron chi connectivity index (χ1n) is 6.37. The van der Waals surface area contributed by atoms with Crippen LogP contribution in [-0.4, -0.2) is 17.6 Å². The average molecular weight is 249 g/mol. The van der Waals surface area contributed by atoms with E-state index in [-0.39, 0.29) is 5.56 Å². The van der Waals surface area contributed by atoms with Crippen LogP contribution in [0.5, 0.6) is 0 Å². The Labute approximate surface area is 105 Å². The van der Waals surface area contributed by atoms with Gasteiger partial charge in [-0.05, 0) is 55.2 Å². The van der Waals surface area contributed by atoms with E-state index in [1.165, 1.54) is 37.8 Å². The van der Waals surface area contributed by atoms with Gasteiger partial charge in [0.15, 0.2) is 0 Å². The fourth-order valence-corrected chi connectivity index (χ4v) is 2.65. The first kappa shape index (κ1) is 11.5. The van der Waals surface area contributed by atoms with Crippen molar-refractivity contribution in [1.82, 2.24) is 0 Å². The highest BCUT2D eigenvalue weighted by molar-refractivity contribution is 5.88. The highest BCUT2D eigenvalue weighted by atomic mass is 19.1. The number of carboxylic acids is 1. The second-order valence-corrected chi connectivity index (χ2v) is 5.49. The van der Waals surface area contributed by atoms with E-state index in [9.17, 15) is 9.18 Å². The van der Waals surface area contributed by atoms with Crippen LogP contribution in [-0.2, 0) is 0 Å². The van der Waals surface area contributed by atoms with Crippen LogP contribution in [0.2, 0.25) is 0 Å². The van der Waals surface area contributed by atoms with Crippen molar-refractivity contribution < 1.29 is 14.3 Å². The largest absolute Gasteiger partial charge is 0.478 e. The lowest BCUT2D eigenvalue weighted by Gasteiger charge is -2.16. The molecular formula is C14H16FNO2. The van der Waals surface area contributed by atoms with E-state index in [4.69, 9.17) is 5.11 Å². The molecule has 1 aromatic rings. The molecule has 3 nitrogen and oxygen atoms in total. The van der Waals surface area contributed by atoms with Gasteiger partial charge in [0, 0.05) is 6.54 Å². The molecule has 0 spiro atoms. The molecule has 0 aromatic heterocycles. The number of benzene rings is 1. The van der Waals surface area contributed by atoms with Gasteiger partial charge in [-0.25, -0.2) is 9.18 Å². The fraction of sp³-hybridized carbons (Fsp3) is 0.500. The molecule has 3 rings (SSSR count). The van der Waals surface area contributed by atoms with Gasteiger partial charge in [0.2, 0.25) is 0 Å². The average Bonchev–Trinajstić information content (AvgIpc) is 3.19. The number of hydrogen-bond acceptors (Lipinski definition) is 2. The normalized spacial score (nSPS) is 20.5. The SMILES string of the molecule is O=C(O)c1ccc(NCC2(C3CC3)CC2)c(F)c1. The number of carbonyl (C=O) groups is 1. The summed E-state index contributed by atoms with van der Waals surface area (Å²) in [6, 6.07) is 4.02. The maximum absolute atomic E-state index is 13.7. The van der Waals surface area contributed by atoms with E-state index < -0.39 is 11.8 Å². The molecule has 0 radical (unpaired) electrons. The van der Waals surface area contributed by atoms with Crippen LogP contribution in [0.3, 0.4) is 0 Å². The van der Waals surface area contributed by atoms with Crippen LogP contribution < -0.4 is 5.32 Å². The van der Waals surface area contributed by atoms with E-state index in [2.05, 4.69) is 5.32 Å². The first-order chi connectivity index (χ1) is 8.61. The van der Waals surface area contributed by atoms with Crippen LogP contribution in [0, 0.1) is 17.2 Å². The molecule has 2 saturated carbocycles. The summed E-state index contributed by atoms with van der Waals surface area (Å²) < 4.78 is 13.7. The predicted octanol–water partition coefficient (Wildman–Crippen LogP) is 3.13. The lowest BCUT2D eigenvalue weighted by Crippen LogP contribution is -2.18. The molecule has 2 aliphatic rings. The van der Waals surface area contributed by atoms with E-state index >= 15 is 0 Å². The number of nitrogens with one attached hydrogen (secondary N) is 1. The zero-order valence-corrected chi connectivity index (χ0v) is 10.1. The Hall–Kier alpha value is -1.58. The van der Waals surface area contributed by atoms with Crippen molar-refractivity contribution in [2.45, 2.75) is 25.7 Å². The summed E-state index contributed by atoms with van der Waals surface area (Å²) in [6.45, 7) is 0.807. The van der Waals surface area contributed by atoms with Crippen molar-refractivity contribution in [3.8, 4) is 0 Å². The Kier molecular flexibility index (Phi) is 2.54. The lowest BCUT2D eigenvalue weighted by molar-refractivity contribution is 0.0696. The van der Waals surface area contributed by atoms with Crippen molar-refractivity contribution in [3.63, 3.8) is 0 Å².